The predicted octanol–water partition coefficient (Wildman–Crippen LogP) is 5.01. The van der Waals surface area contributed by atoms with Crippen LogP contribution in [0.5, 0.6) is 0 Å². The van der Waals surface area contributed by atoms with Crippen molar-refractivity contribution in [2.45, 2.75) is 51.4 Å². The van der Waals surface area contributed by atoms with E-state index in [9.17, 15) is 24.5 Å². The SMILES string of the molecule is O=C(O)CCCCCCC1C(=O)CCC1C=CC(=O)c1cc(Cl)ccc1[N+](=O)[O-]. The molecule has 2 unspecified atom stereocenters. The van der Waals surface area contributed by atoms with Gasteiger partial charge in [0.2, 0.25) is 0 Å². The third-order valence-electron chi connectivity index (χ3n) is 5.23. The zero-order valence-corrected chi connectivity index (χ0v) is 16.8. The Kier molecular flexibility index (Phi) is 8.51. The molecule has 0 heterocycles. The molecule has 0 amide bonds. The van der Waals surface area contributed by atoms with Crippen LogP contribution in [0.4, 0.5) is 5.69 Å². The van der Waals surface area contributed by atoms with Crippen molar-refractivity contribution in [3.8, 4) is 0 Å². The van der Waals surface area contributed by atoms with Gasteiger partial charge in [-0.15, -0.1) is 0 Å². The van der Waals surface area contributed by atoms with E-state index in [1.165, 1.54) is 24.3 Å². The summed E-state index contributed by atoms with van der Waals surface area (Å²) in [7, 11) is 0. The fourth-order valence-electron chi connectivity index (χ4n) is 3.70. The van der Waals surface area contributed by atoms with Crippen molar-refractivity contribution in [1.29, 1.82) is 0 Å². The van der Waals surface area contributed by atoms with E-state index < -0.39 is 16.7 Å². The number of nitro groups is 1. The van der Waals surface area contributed by atoms with Gasteiger partial charge < -0.3 is 5.11 Å². The molecule has 0 spiro atoms. The minimum absolute atomic E-state index is 0.0660. The van der Waals surface area contributed by atoms with Crippen LogP contribution in [0.15, 0.2) is 30.4 Å². The number of nitrogens with zero attached hydrogens (tertiary/aromatic N) is 1. The van der Waals surface area contributed by atoms with Crippen LogP contribution in [-0.2, 0) is 9.59 Å². The average molecular weight is 422 g/mol. The molecule has 156 valence electrons. The van der Waals surface area contributed by atoms with Crippen LogP contribution < -0.4 is 0 Å². The Morgan fingerprint density at radius 2 is 1.97 bits per heavy atom. The summed E-state index contributed by atoms with van der Waals surface area (Å²) in [5, 5.41) is 20.0. The highest BCUT2D eigenvalue weighted by Crippen LogP contribution is 2.34. The summed E-state index contributed by atoms with van der Waals surface area (Å²) < 4.78 is 0. The Hall–Kier alpha value is -2.54. The third-order valence-corrected chi connectivity index (χ3v) is 5.46. The highest BCUT2D eigenvalue weighted by atomic mass is 35.5. The van der Waals surface area contributed by atoms with Gasteiger partial charge >= 0.3 is 5.97 Å². The minimum Gasteiger partial charge on any atom is -0.481 e. The fourth-order valence-corrected chi connectivity index (χ4v) is 3.87. The van der Waals surface area contributed by atoms with E-state index in [0.717, 1.165) is 19.3 Å². The van der Waals surface area contributed by atoms with Crippen molar-refractivity contribution in [3.05, 3.63) is 51.1 Å². The number of allylic oxidation sites excluding steroid dienone is 2. The summed E-state index contributed by atoms with van der Waals surface area (Å²) >= 11 is 5.87. The molecule has 7 nitrogen and oxygen atoms in total. The van der Waals surface area contributed by atoms with Gasteiger partial charge in [-0.1, -0.05) is 36.9 Å². The van der Waals surface area contributed by atoms with Crippen LogP contribution in [0.2, 0.25) is 5.02 Å². The minimum atomic E-state index is -0.800. The number of Topliss-reactive ketones (excluding diaryl/α,β-unsaturated/α-hetero) is 1. The Morgan fingerprint density at radius 1 is 1.24 bits per heavy atom. The van der Waals surface area contributed by atoms with E-state index in [0.29, 0.717) is 25.7 Å². The molecule has 8 heteroatoms. The molecule has 1 aliphatic rings. The van der Waals surface area contributed by atoms with Gasteiger partial charge in [-0.3, -0.25) is 24.5 Å². The molecule has 0 saturated heterocycles. The van der Waals surface area contributed by atoms with E-state index in [1.807, 2.05) is 0 Å². The van der Waals surface area contributed by atoms with Crippen LogP contribution in [0, 0.1) is 22.0 Å². The first-order chi connectivity index (χ1) is 13.8. The number of carboxylic acid groups (broad SMARTS) is 1. The lowest BCUT2D eigenvalue weighted by atomic mass is 9.89. The van der Waals surface area contributed by atoms with Crippen molar-refractivity contribution in [2.75, 3.05) is 0 Å². The van der Waals surface area contributed by atoms with Crippen molar-refractivity contribution >= 4 is 34.8 Å². The number of ketones is 2. The third kappa shape index (κ3) is 6.78. The topological polar surface area (TPSA) is 115 Å². The second kappa shape index (κ2) is 10.9. The van der Waals surface area contributed by atoms with Gasteiger partial charge in [-0.05, 0) is 43.4 Å². The summed E-state index contributed by atoms with van der Waals surface area (Å²) in [6.07, 6.45) is 8.10. The predicted molar refractivity (Wildman–Crippen MR) is 108 cm³/mol. The molecule has 0 aliphatic heterocycles. The van der Waals surface area contributed by atoms with Crippen LogP contribution >= 0.6 is 11.6 Å². The molecule has 1 fully saturated rings. The molecule has 0 aromatic heterocycles. The number of hydrogen-bond donors (Lipinski definition) is 1. The Labute approximate surface area is 173 Å². The van der Waals surface area contributed by atoms with Gasteiger partial charge in [0.25, 0.3) is 5.69 Å². The van der Waals surface area contributed by atoms with Crippen molar-refractivity contribution in [1.82, 2.24) is 0 Å². The molecular formula is C21H24ClNO6. The Morgan fingerprint density at radius 3 is 2.66 bits per heavy atom. The smallest absolute Gasteiger partial charge is 0.303 e. The largest absolute Gasteiger partial charge is 0.481 e. The van der Waals surface area contributed by atoms with E-state index in [2.05, 4.69) is 0 Å². The van der Waals surface area contributed by atoms with Gasteiger partial charge in [-0.2, -0.15) is 0 Å². The Balaban J connectivity index is 1.95. The van der Waals surface area contributed by atoms with Crippen LogP contribution in [0.3, 0.4) is 0 Å². The van der Waals surface area contributed by atoms with Crippen molar-refractivity contribution in [3.63, 3.8) is 0 Å². The summed E-state index contributed by atoms with van der Waals surface area (Å²) in [4.78, 5) is 45.7. The molecule has 1 aromatic carbocycles. The van der Waals surface area contributed by atoms with E-state index in [4.69, 9.17) is 16.7 Å². The number of halogens is 1. The Bertz CT molecular complexity index is 819. The second-order valence-electron chi connectivity index (χ2n) is 7.26. The number of carbonyl (C=O) groups is 3. The zero-order chi connectivity index (χ0) is 21.4. The molecule has 0 radical (unpaired) electrons. The van der Waals surface area contributed by atoms with Crippen LogP contribution in [0.1, 0.15) is 61.7 Å². The molecule has 1 aromatic rings. The lowest BCUT2D eigenvalue weighted by Crippen LogP contribution is -2.13. The summed E-state index contributed by atoms with van der Waals surface area (Å²) in [5.41, 5.74) is -0.373. The first-order valence-electron chi connectivity index (χ1n) is 9.70. The van der Waals surface area contributed by atoms with Crippen LogP contribution in [-0.4, -0.2) is 27.6 Å². The zero-order valence-electron chi connectivity index (χ0n) is 16.0. The standard InChI is InChI=1S/C21H24ClNO6/c22-15-9-10-18(23(28)29)17(13-15)20(25)12-8-14-7-11-19(24)16(14)5-3-1-2-4-6-21(26)27/h8-10,12-14,16H,1-7,11H2,(H,26,27). The maximum Gasteiger partial charge on any atom is 0.303 e. The molecule has 29 heavy (non-hydrogen) atoms. The second-order valence-corrected chi connectivity index (χ2v) is 7.70. The quantitative estimate of drug-likeness (QED) is 0.176. The number of rotatable bonds is 11. The van der Waals surface area contributed by atoms with Crippen molar-refractivity contribution in [2.24, 2.45) is 11.8 Å². The molecule has 2 atom stereocenters. The highest BCUT2D eigenvalue weighted by Gasteiger charge is 2.32. The first-order valence-corrected chi connectivity index (χ1v) is 10.1. The lowest BCUT2D eigenvalue weighted by molar-refractivity contribution is -0.385. The van der Waals surface area contributed by atoms with Gasteiger partial charge in [0.1, 0.15) is 11.3 Å². The number of aliphatic carboxylic acids is 1. The molecule has 1 saturated carbocycles. The van der Waals surface area contributed by atoms with E-state index in [1.54, 1.807) is 6.08 Å². The summed E-state index contributed by atoms with van der Waals surface area (Å²) in [5.74, 6) is -1.36. The monoisotopic (exact) mass is 421 g/mol. The van der Waals surface area contributed by atoms with Crippen LogP contribution in [0.25, 0.3) is 0 Å². The fraction of sp³-hybridized carbons (Fsp3) is 0.476. The molecule has 1 aliphatic carbocycles. The maximum atomic E-state index is 12.5. The number of carbonyl (C=O) groups excluding carboxylic acids is 2. The first kappa shape index (κ1) is 22.7. The summed E-state index contributed by atoms with van der Waals surface area (Å²) in [6.45, 7) is 0. The molecular weight excluding hydrogens is 398 g/mol. The van der Waals surface area contributed by atoms with E-state index in [-0.39, 0.29) is 40.3 Å². The number of nitro benzene ring substituents is 1. The number of unbranched alkanes of at least 4 members (excludes halogenated alkanes) is 3. The molecule has 1 N–H and O–H groups in total. The molecule has 0 bridgehead atoms. The van der Waals surface area contributed by atoms with Crippen molar-refractivity contribution < 1.29 is 24.4 Å². The van der Waals surface area contributed by atoms with Gasteiger partial charge in [0, 0.05) is 29.8 Å². The highest BCUT2D eigenvalue weighted by molar-refractivity contribution is 6.31. The number of hydrogen-bond acceptors (Lipinski definition) is 5. The normalized spacial score (nSPS) is 19.0. The molecule has 2 rings (SSSR count). The number of carboxylic acids is 1. The van der Waals surface area contributed by atoms with Gasteiger partial charge in [-0.25, -0.2) is 0 Å². The average Bonchev–Trinajstić information content (AvgIpc) is 3.01. The van der Waals surface area contributed by atoms with E-state index >= 15 is 0 Å². The van der Waals surface area contributed by atoms with Gasteiger partial charge in [0.15, 0.2) is 5.78 Å². The lowest BCUT2D eigenvalue weighted by Gasteiger charge is -2.14. The maximum absolute atomic E-state index is 12.5. The summed E-state index contributed by atoms with van der Waals surface area (Å²) in [6, 6.07) is 3.85. The number of benzene rings is 1. The van der Waals surface area contributed by atoms with Gasteiger partial charge in [0.05, 0.1) is 4.92 Å².